The van der Waals surface area contributed by atoms with E-state index in [1.54, 1.807) is 0 Å². The number of anilines is 1. The third-order valence-corrected chi connectivity index (χ3v) is 6.14. The molecule has 0 amide bonds. The van der Waals surface area contributed by atoms with E-state index in [4.69, 9.17) is 11.0 Å². The van der Waals surface area contributed by atoms with E-state index in [9.17, 15) is 0 Å². The Bertz CT molecular complexity index is 620. The van der Waals surface area contributed by atoms with E-state index in [1.807, 2.05) is 18.3 Å². The second kappa shape index (κ2) is 4.42. The summed E-state index contributed by atoms with van der Waals surface area (Å²) in [4.78, 5) is 4.65. The van der Waals surface area contributed by atoms with Crippen LogP contribution in [0.3, 0.4) is 0 Å². The zero-order valence-electron chi connectivity index (χ0n) is 10.2. The van der Waals surface area contributed by atoms with E-state index in [0.29, 0.717) is 10.6 Å². The van der Waals surface area contributed by atoms with Crippen LogP contribution in [0.2, 0.25) is 0 Å². The number of rotatable bonds is 1. The van der Waals surface area contributed by atoms with Gasteiger partial charge in [0.2, 0.25) is 0 Å². The molecule has 0 radical (unpaired) electrons. The highest BCUT2D eigenvalue weighted by atomic mass is 32.1. The zero-order valence-corrected chi connectivity index (χ0v) is 11.9. The molecule has 3 rings (SSSR count). The lowest BCUT2D eigenvalue weighted by molar-refractivity contribution is 0.697. The monoisotopic (exact) mass is 274 g/mol. The SMILES string of the molecule is Cc1c(-c2cc3c(s2)CCCC3)sc(C#N)c1N. The number of nitriles is 1. The van der Waals surface area contributed by atoms with E-state index >= 15 is 0 Å². The first-order chi connectivity index (χ1) is 8.70. The largest absolute Gasteiger partial charge is 0.397 e. The van der Waals surface area contributed by atoms with E-state index < -0.39 is 0 Å². The molecule has 0 saturated carbocycles. The van der Waals surface area contributed by atoms with Gasteiger partial charge in [-0.3, -0.25) is 0 Å². The Labute approximate surface area is 115 Å². The second-order valence-corrected chi connectivity index (χ2v) is 6.83. The lowest BCUT2D eigenvalue weighted by Gasteiger charge is -2.08. The fourth-order valence-electron chi connectivity index (χ4n) is 2.45. The van der Waals surface area contributed by atoms with Crippen LogP contribution >= 0.6 is 22.7 Å². The number of fused-ring (bicyclic) bond motifs is 1. The fourth-order valence-corrected chi connectivity index (χ4v) is 4.88. The first kappa shape index (κ1) is 11.8. The van der Waals surface area contributed by atoms with Crippen LogP contribution in [0.25, 0.3) is 9.75 Å². The molecule has 0 fully saturated rings. The number of hydrogen-bond donors (Lipinski definition) is 1. The summed E-state index contributed by atoms with van der Waals surface area (Å²) in [6, 6.07) is 4.49. The Morgan fingerprint density at radius 1 is 1.28 bits per heavy atom. The summed E-state index contributed by atoms with van der Waals surface area (Å²) in [6.07, 6.45) is 5.03. The Kier molecular flexibility index (Phi) is 2.89. The van der Waals surface area contributed by atoms with Crippen LogP contribution in [0, 0.1) is 18.3 Å². The number of nitrogens with zero attached hydrogens (tertiary/aromatic N) is 1. The van der Waals surface area contributed by atoms with Gasteiger partial charge < -0.3 is 5.73 Å². The molecule has 4 heteroatoms. The molecule has 2 heterocycles. The van der Waals surface area contributed by atoms with Crippen molar-refractivity contribution in [3.63, 3.8) is 0 Å². The summed E-state index contributed by atoms with van der Waals surface area (Å²) in [5, 5.41) is 9.05. The van der Waals surface area contributed by atoms with Gasteiger partial charge >= 0.3 is 0 Å². The van der Waals surface area contributed by atoms with Crippen LogP contribution in [-0.4, -0.2) is 0 Å². The summed E-state index contributed by atoms with van der Waals surface area (Å²) in [5.41, 5.74) is 9.19. The van der Waals surface area contributed by atoms with E-state index in [1.165, 1.54) is 57.2 Å². The molecule has 2 aromatic heterocycles. The maximum Gasteiger partial charge on any atom is 0.128 e. The average Bonchev–Trinajstić information content (AvgIpc) is 2.92. The van der Waals surface area contributed by atoms with Gasteiger partial charge in [-0.15, -0.1) is 22.7 Å². The van der Waals surface area contributed by atoms with Crippen LogP contribution in [0.4, 0.5) is 5.69 Å². The van der Waals surface area contributed by atoms with Crippen molar-refractivity contribution >= 4 is 28.4 Å². The predicted molar refractivity (Wildman–Crippen MR) is 78.1 cm³/mol. The molecular formula is C14H14N2S2. The van der Waals surface area contributed by atoms with E-state index in [2.05, 4.69) is 12.1 Å². The normalized spacial score (nSPS) is 14.2. The Hall–Kier alpha value is -1.31. The highest BCUT2D eigenvalue weighted by Crippen LogP contribution is 2.43. The Morgan fingerprint density at radius 3 is 2.72 bits per heavy atom. The van der Waals surface area contributed by atoms with Gasteiger partial charge in [0.05, 0.1) is 10.6 Å². The van der Waals surface area contributed by atoms with Gasteiger partial charge in [0.15, 0.2) is 0 Å². The summed E-state index contributed by atoms with van der Waals surface area (Å²) >= 11 is 3.41. The molecule has 18 heavy (non-hydrogen) atoms. The molecule has 2 aromatic rings. The second-order valence-electron chi connectivity index (χ2n) is 4.68. The number of thiophene rings is 2. The molecule has 0 saturated heterocycles. The minimum Gasteiger partial charge on any atom is -0.397 e. The number of nitrogen functional groups attached to an aromatic ring is 1. The molecule has 2 nitrogen and oxygen atoms in total. The van der Waals surface area contributed by atoms with Gasteiger partial charge in [0.1, 0.15) is 10.9 Å². The third-order valence-electron chi connectivity index (χ3n) is 3.52. The predicted octanol–water partition coefficient (Wildman–Crippen LogP) is 4.12. The molecule has 1 aliphatic rings. The van der Waals surface area contributed by atoms with Crippen LogP contribution in [0.15, 0.2) is 6.07 Å². The topological polar surface area (TPSA) is 49.8 Å². The van der Waals surface area contributed by atoms with Crippen molar-refractivity contribution in [2.45, 2.75) is 32.6 Å². The zero-order chi connectivity index (χ0) is 12.7. The number of hydrogen-bond acceptors (Lipinski definition) is 4. The van der Waals surface area contributed by atoms with Crippen LogP contribution in [0.5, 0.6) is 0 Å². The smallest absolute Gasteiger partial charge is 0.128 e. The van der Waals surface area contributed by atoms with Crippen molar-refractivity contribution in [1.29, 1.82) is 5.26 Å². The minimum atomic E-state index is 0.647. The van der Waals surface area contributed by atoms with Crippen molar-refractivity contribution in [3.8, 4) is 15.8 Å². The highest BCUT2D eigenvalue weighted by Gasteiger charge is 2.19. The van der Waals surface area contributed by atoms with Crippen molar-refractivity contribution in [2.75, 3.05) is 5.73 Å². The summed E-state index contributed by atoms with van der Waals surface area (Å²) < 4.78 is 0. The first-order valence-electron chi connectivity index (χ1n) is 6.11. The van der Waals surface area contributed by atoms with Gasteiger partial charge in [-0.25, -0.2) is 0 Å². The standard InChI is InChI=1S/C14H14N2S2/c1-8-13(16)12(7-15)18-14(8)11-6-9-4-2-3-5-10(9)17-11/h6H,2-5,16H2,1H3. The molecule has 0 spiro atoms. The molecule has 1 aliphatic carbocycles. The minimum absolute atomic E-state index is 0.647. The summed E-state index contributed by atoms with van der Waals surface area (Å²) in [6.45, 7) is 2.01. The number of aryl methyl sites for hydroxylation is 2. The van der Waals surface area contributed by atoms with Gasteiger partial charge in [-0.05, 0) is 49.8 Å². The number of nitrogens with two attached hydrogens (primary N) is 1. The van der Waals surface area contributed by atoms with Crippen LogP contribution < -0.4 is 5.73 Å². The molecule has 0 aliphatic heterocycles. The van der Waals surface area contributed by atoms with Gasteiger partial charge in [0.25, 0.3) is 0 Å². The molecule has 2 N–H and O–H groups in total. The molecule has 0 bridgehead atoms. The van der Waals surface area contributed by atoms with Gasteiger partial charge in [0, 0.05) is 9.75 Å². The molecule has 92 valence electrons. The van der Waals surface area contributed by atoms with E-state index in [0.717, 1.165) is 5.56 Å². The Balaban J connectivity index is 2.10. The maximum absolute atomic E-state index is 9.05. The molecule has 0 unspecified atom stereocenters. The highest BCUT2D eigenvalue weighted by molar-refractivity contribution is 7.23. The van der Waals surface area contributed by atoms with Crippen LogP contribution in [-0.2, 0) is 12.8 Å². The van der Waals surface area contributed by atoms with Crippen molar-refractivity contribution in [1.82, 2.24) is 0 Å². The lowest BCUT2D eigenvalue weighted by atomic mass is 9.99. The summed E-state index contributed by atoms with van der Waals surface area (Å²) in [5.74, 6) is 0. The lowest BCUT2D eigenvalue weighted by Crippen LogP contribution is -1.96. The average molecular weight is 274 g/mol. The molecule has 0 atom stereocenters. The Morgan fingerprint density at radius 2 is 2.06 bits per heavy atom. The van der Waals surface area contributed by atoms with Crippen molar-refractivity contribution in [3.05, 3.63) is 26.9 Å². The van der Waals surface area contributed by atoms with Gasteiger partial charge in [-0.2, -0.15) is 5.26 Å². The molecular weight excluding hydrogens is 260 g/mol. The quantitative estimate of drug-likeness (QED) is 0.850. The van der Waals surface area contributed by atoms with Gasteiger partial charge in [-0.1, -0.05) is 0 Å². The third kappa shape index (κ3) is 1.75. The fraction of sp³-hybridized carbons (Fsp3) is 0.357. The van der Waals surface area contributed by atoms with E-state index in [-0.39, 0.29) is 0 Å². The summed E-state index contributed by atoms with van der Waals surface area (Å²) in [7, 11) is 0. The molecule has 0 aromatic carbocycles. The van der Waals surface area contributed by atoms with Crippen molar-refractivity contribution < 1.29 is 0 Å². The maximum atomic E-state index is 9.05. The van der Waals surface area contributed by atoms with Crippen LogP contribution in [0.1, 0.15) is 33.7 Å². The van der Waals surface area contributed by atoms with Crippen molar-refractivity contribution in [2.24, 2.45) is 0 Å². The first-order valence-corrected chi connectivity index (χ1v) is 7.75.